The van der Waals surface area contributed by atoms with Crippen molar-refractivity contribution in [2.24, 2.45) is 5.10 Å². The van der Waals surface area contributed by atoms with Crippen molar-refractivity contribution in [1.29, 1.82) is 0 Å². The van der Waals surface area contributed by atoms with Crippen molar-refractivity contribution < 1.29 is 9.72 Å². The summed E-state index contributed by atoms with van der Waals surface area (Å²) in [6.07, 6.45) is 1.46. The van der Waals surface area contributed by atoms with Crippen LogP contribution in [0.1, 0.15) is 23.0 Å². The number of hydrogen-bond acceptors (Lipinski definition) is 5. The van der Waals surface area contributed by atoms with Gasteiger partial charge in [0.2, 0.25) is 0 Å². The Bertz CT molecular complexity index is 646. The Labute approximate surface area is 113 Å². The number of H-pyrrole nitrogens is 1. The number of amides is 1. The molecule has 0 fully saturated rings. The van der Waals surface area contributed by atoms with E-state index in [0.717, 1.165) is 0 Å². The lowest BCUT2D eigenvalue weighted by Gasteiger charge is -2.01. The summed E-state index contributed by atoms with van der Waals surface area (Å²) < 4.78 is 0. The molecule has 1 aromatic heterocycles. The molecule has 2 aromatic rings. The maximum atomic E-state index is 11.6. The molecule has 1 amide bonds. The zero-order valence-corrected chi connectivity index (χ0v) is 10.5. The summed E-state index contributed by atoms with van der Waals surface area (Å²) in [5.41, 5.74) is 3.88. The van der Waals surface area contributed by atoms with Crippen molar-refractivity contribution in [2.45, 2.75) is 6.92 Å². The minimum Gasteiger partial charge on any atom is -0.273 e. The zero-order chi connectivity index (χ0) is 14.5. The van der Waals surface area contributed by atoms with Gasteiger partial charge in [-0.2, -0.15) is 10.2 Å². The standard InChI is InChI=1S/C12H11N5O3/c1-8(9-2-4-10(5-3-9)17(19)20)14-16-12(18)11-6-7-13-15-11/h2-7H,1H3,(H,13,15)(H,16,18). The number of nitro groups is 1. The third-order valence-corrected chi connectivity index (χ3v) is 2.57. The van der Waals surface area contributed by atoms with Crippen LogP contribution < -0.4 is 5.43 Å². The van der Waals surface area contributed by atoms with Crippen molar-refractivity contribution in [3.8, 4) is 0 Å². The summed E-state index contributed by atoms with van der Waals surface area (Å²) in [7, 11) is 0. The molecule has 2 N–H and O–H groups in total. The van der Waals surface area contributed by atoms with Gasteiger partial charge in [0, 0.05) is 18.3 Å². The van der Waals surface area contributed by atoms with Gasteiger partial charge in [0.15, 0.2) is 0 Å². The lowest BCUT2D eigenvalue weighted by molar-refractivity contribution is -0.384. The Morgan fingerprint density at radius 2 is 2.05 bits per heavy atom. The molecule has 0 aliphatic carbocycles. The molecule has 0 unspecified atom stereocenters. The molecule has 0 spiro atoms. The fraction of sp³-hybridized carbons (Fsp3) is 0.0833. The SMILES string of the molecule is CC(=NNC(=O)c1ccn[nH]1)c1ccc([N+](=O)[O-])cc1. The number of nitrogens with one attached hydrogen (secondary N) is 2. The second-order valence-electron chi connectivity index (χ2n) is 3.91. The highest BCUT2D eigenvalue weighted by Gasteiger charge is 2.07. The quantitative estimate of drug-likeness (QED) is 0.498. The normalized spacial score (nSPS) is 11.2. The molecular formula is C12H11N5O3. The molecule has 0 saturated carbocycles. The van der Waals surface area contributed by atoms with E-state index in [1.807, 2.05) is 0 Å². The van der Waals surface area contributed by atoms with Crippen LogP contribution in [-0.4, -0.2) is 26.7 Å². The number of nitrogens with zero attached hydrogens (tertiary/aromatic N) is 3. The number of hydrogen-bond donors (Lipinski definition) is 2. The topological polar surface area (TPSA) is 113 Å². The molecule has 1 heterocycles. The summed E-state index contributed by atoms with van der Waals surface area (Å²) in [5.74, 6) is -0.413. The minimum absolute atomic E-state index is 0.00282. The first-order chi connectivity index (χ1) is 9.58. The van der Waals surface area contributed by atoms with Crippen LogP contribution in [0.2, 0.25) is 0 Å². The van der Waals surface area contributed by atoms with Gasteiger partial charge >= 0.3 is 0 Å². The third-order valence-electron chi connectivity index (χ3n) is 2.57. The van der Waals surface area contributed by atoms with E-state index in [1.165, 1.54) is 24.4 Å². The first-order valence-corrected chi connectivity index (χ1v) is 5.67. The molecule has 0 aliphatic heterocycles. The van der Waals surface area contributed by atoms with Crippen LogP contribution in [-0.2, 0) is 0 Å². The van der Waals surface area contributed by atoms with Gasteiger partial charge in [-0.15, -0.1) is 0 Å². The molecule has 102 valence electrons. The maximum Gasteiger partial charge on any atom is 0.289 e. The van der Waals surface area contributed by atoms with Crippen LogP contribution in [0.15, 0.2) is 41.6 Å². The number of aromatic nitrogens is 2. The molecule has 0 aliphatic rings. The van der Waals surface area contributed by atoms with Gasteiger partial charge in [-0.25, -0.2) is 5.43 Å². The van der Waals surface area contributed by atoms with Gasteiger partial charge in [-0.3, -0.25) is 20.0 Å². The smallest absolute Gasteiger partial charge is 0.273 e. The Balaban J connectivity index is 2.06. The number of hydrazone groups is 1. The van der Waals surface area contributed by atoms with Gasteiger partial charge in [0.1, 0.15) is 5.69 Å². The van der Waals surface area contributed by atoms with Crippen molar-refractivity contribution in [1.82, 2.24) is 15.6 Å². The van der Waals surface area contributed by atoms with Gasteiger partial charge in [0.05, 0.1) is 10.6 Å². The molecule has 0 saturated heterocycles. The predicted octanol–water partition coefficient (Wildman–Crippen LogP) is 1.47. The van der Waals surface area contributed by atoms with E-state index in [1.54, 1.807) is 19.1 Å². The fourth-order valence-corrected chi connectivity index (χ4v) is 1.47. The highest BCUT2D eigenvalue weighted by molar-refractivity contribution is 6.00. The number of non-ortho nitro benzene ring substituents is 1. The number of aromatic amines is 1. The summed E-state index contributed by atoms with van der Waals surface area (Å²) in [4.78, 5) is 21.7. The first kappa shape index (κ1) is 13.4. The van der Waals surface area contributed by atoms with Gasteiger partial charge in [-0.1, -0.05) is 0 Å². The highest BCUT2D eigenvalue weighted by Crippen LogP contribution is 2.12. The number of carbonyl (C=O) groups excluding carboxylic acids is 1. The van der Waals surface area contributed by atoms with E-state index in [9.17, 15) is 14.9 Å². The van der Waals surface area contributed by atoms with Crippen LogP contribution >= 0.6 is 0 Å². The molecule has 0 atom stereocenters. The van der Waals surface area contributed by atoms with Crippen LogP contribution in [0.5, 0.6) is 0 Å². The first-order valence-electron chi connectivity index (χ1n) is 5.67. The molecule has 8 nitrogen and oxygen atoms in total. The molecule has 20 heavy (non-hydrogen) atoms. The summed E-state index contributed by atoms with van der Waals surface area (Å²) in [6.45, 7) is 1.69. The van der Waals surface area contributed by atoms with Crippen molar-refractivity contribution >= 4 is 17.3 Å². The predicted molar refractivity (Wildman–Crippen MR) is 71.4 cm³/mol. The summed E-state index contributed by atoms with van der Waals surface area (Å²) in [5, 5.41) is 20.6. The van der Waals surface area contributed by atoms with Gasteiger partial charge < -0.3 is 0 Å². The second kappa shape index (κ2) is 5.74. The second-order valence-corrected chi connectivity index (χ2v) is 3.91. The van der Waals surface area contributed by atoms with Crippen LogP contribution in [0.25, 0.3) is 0 Å². The lowest BCUT2D eigenvalue weighted by Crippen LogP contribution is -2.19. The number of carbonyl (C=O) groups is 1. The minimum atomic E-state index is -0.476. The largest absolute Gasteiger partial charge is 0.289 e. The summed E-state index contributed by atoms with van der Waals surface area (Å²) in [6, 6.07) is 7.42. The van der Waals surface area contributed by atoms with E-state index in [2.05, 4.69) is 20.7 Å². The monoisotopic (exact) mass is 273 g/mol. The van der Waals surface area contributed by atoms with Crippen molar-refractivity contribution in [3.05, 3.63) is 57.9 Å². The Morgan fingerprint density at radius 1 is 1.35 bits per heavy atom. The molecule has 0 radical (unpaired) electrons. The maximum absolute atomic E-state index is 11.6. The molecule has 8 heteroatoms. The Morgan fingerprint density at radius 3 is 2.60 bits per heavy atom. The van der Waals surface area contributed by atoms with E-state index in [0.29, 0.717) is 17.0 Å². The van der Waals surface area contributed by atoms with Crippen LogP contribution in [0.3, 0.4) is 0 Å². The van der Waals surface area contributed by atoms with Gasteiger partial charge in [0.25, 0.3) is 11.6 Å². The zero-order valence-electron chi connectivity index (χ0n) is 10.5. The van der Waals surface area contributed by atoms with Crippen molar-refractivity contribution in [2.75, 3.05) is 0 Å². The number of benzene rings is 1. The molecule has 0 bridgehead atoms. The lowest BCUT2D eigenvalue weighted by atomic mass is 10.1. The van der Waals surface area contributed by atoms with E-state index >= 15 is 0 Å². The van der Waals surface area contributed by atoms with Crippen LogP contribution in [0, 0.1) is 10.1 Å². The molecular weight excluding hydrogens is 262 g/mol. The summed E-state index contributed by atoms with van der Waals surface area (Å²) >= 11 is 0. The van der Waals surface area contributed by atoms with Gasteiger partial charge in [-0.05, 0) is 30.7 Å². The fourth-order valence-electron chi connectivity index (χ4n) is 1.47. The number of nitro benzene ring substituents is 1. The molecule has 2 rings (SSSR count). The van der Waals surface area contributed by atoms with Crippen LogP contribution in [0.4, 0.5) is 5.69 Å². The van der Waals surface area contributed by atoms with E-state index in [4.69, 9.17) is 0 Å². The van der Waals surface area contributed by atoms with E-state index < -0.39 is 10.8 Å². The Kier molecular flexibility index (Phi) is 3.85. The molecule has 1 aromatic carbocycles. The highest BCUT2D eigenvalue weighted by atomic mass is 16.6. The average molecular weight is 273 g/mol. The number of rotatable bonds is 4. The average Bonchev–Trinajstić information content (AvgIpc) is 2.98. The Hall–Kier alpha value is -3.03. The van der Waals surface area contributed by atoms with Crippen molar-refractivity contribution in [3.63, 3.8) is 0 Å². The third kappa shape index (κ3) is 3.05. The van der Waals surface area contributed by atoms with E-state index in [-0.39, 0.29) is 5.69 Å².